The second-order valence-electron chi connectivity index (χ2n) is 3.81. The molecule has 0 aliphatic carbocycles. The van der Waals surface area contributed by atoms with Crippen molar-refractivity contribution in [2.45, 2.75) is 6.42 Å². The van der Waals surface area contributed by atoms with Crippen molar-refractivity contribution < 1.29 is 14.8 Å². The molecule has 0 saturated heterocycles. The number of nitrogens with zero attached hydrogens (tertiary/aromatic N) is 3. The van der Waals surface area contributed by atoms with E-state index >= 15 is 0 Å². The van der Waals surface area contributed by atoms with Crippen LogP contribution in [0.1, 0.15) is 5.56 Å². The maximum Gasteiger partial charge on any atom is 0.349 e. The molecule has 0 amide bonds. The van der Waals surface area contributed by atoms with Crippen molar-refractivity contribution in [2.24, 2.45) is 0 Å². The largest absolute Gasteiger partial charge is 0.434 e. The first-order chi connectivity index (χ1) is 9.60. The molecule has 7 nitrogen and oxygen atoms in total. The molecule has 0 bridgehead atoms. The molecular formula is C12H10ClN3O4. The molecule has 0 fully saturated rings. The van der Waals surface area contributed by atoms with Gasteiger partial charge < -0.3 is 9.84 Å². The molecule has 0 unspecified atom stereocenters. The first kappa shape index (κ1) is 14.2. The van der Waals surface area contributed by atoms with E-state index in [9.17, 15) is 10.1 Å². The third-order valence-corrected chi connectivity index (χ3v) is 2.62. The molecule has 2 aromatic rings. The van der Waals surface area contributed by atoms with Gasteiger partial charge in [0.25, 0.3) is 0 Å². The van der Waals surface area contributed by atoms with Crippen LogP contribution in [0.25, 0.3) is 0 Å². The molecule has 0 aliphatic heterocycles. The summed E-state index contributed by atoms with van der Waals surface area (Å²) in [5.74, 6) is 0.162. The summed E-state index contributed by atoms with van der Waals surface area (Å²) in [6.07, 6.45) is 1.52. The molecule has 1 aromatic heterocycles. The SMILES string of the molecule is O=[N+]([O-])c1cnc(Cl)nc1Oc1ccc(CCO)cc1. The van der Waals surface area contributed by atoms with Gasteiger partial charge >= 0.3 is 11.6 Å². The van der Waals surface area contributed by atoms with Crippen LogP contribution in [-0.4, -0.2) is 26.6 Å². The minimum atomic E-state index is -0.647. The third kappa shape index (κ3) is 3.40. The lowest BCUT2D eigenvalue weighted by Crippen LogP contribution is -1.98. The fourth-order valence-electron chi connectivity index (χ4n) is 1.50. The maximum absolute atomic E-state index is 10.8. The third-order valence-electron chi connectivity index (χ3n) is 2.44. The van der Waals surface area contributed by atoms with E-state index < -0.39 is 4.92 Å². The molecule has 1 N–H and O–H groups in total. The van der Waals surface area contributed by atoms with E-state index in [0.717, 1.165) is 11.8 Å². The van der Waals surface area contributed by atoms with E-state index in [-0.39, 0.29) is 23.5 Å². The van der Waals surface area contributed by atoms with Crippen LogP contribution in [0.15, 0.2) is 30.5 Å². The van der Waals surface area contributed by atoms with Gasteiger partial charge in [-0.3, -0.25) is 10.1 Å². The fraction of sp³-hybridized carbons (Fsp3) is 0.167. The Balaban J connectivity index is 2.25. The Hall–Kier alpha value is -2.25. The van der Waals surface area contributed by atoms with Crippen molar-refractivity contribution in [2.75, 3.05) is 6.61 Å². The van der Waals surface area contributed by atoms with Gasteiger partial charge in [0.2, 0.25) is 5.28 Å². The molecular weight excluding hydrogens is 286 g/mol. The second-order valence-corrected chi connectivity index (χ2v) is 4.14. The number of nitro groups is 1. The predicted octanol–water partition coefficient (Wildman–Crippen LogP) is 2.37. The number of benzene rings is 1. The summed E-state index contributed by atoms with van der Waals surface area (Å²) >= 11 is 5.60. The van der Waals surface area contributed by atoms with E-state index in [4.69, 9.17) is 21.4 Å². The highest BCUT2D eigenvalue weighted by Gasteiger charge is 2.19. The maximum atomic E-state index is 10.8. The summed E-state index contributed by atoms with van der Waals surface area (Å²) < 4.78 is 5.35. The number of aromatic nitrogens is 2. The van der Waals surface area contributed by atoms with Crippen molar-refractivity contribution in [1.82, 2.24) is 9.97 Å². The zero-order chi connectivity index (χ0) is 14.5. The summed E-state index contributed by atoms with van der Waals surface area (Å²) in [6, 6.07) is 6.76. The van der Waals surface area contributed by atoms with Crippen molar-refractivity contribution >= 4 is 17.3 Å². The van der Waals surface area contributed by atoms with Crippen LogP contribution >= 0.6 is 11.6 Å². The number of halogens is 1. The van der Waals surface area contributed by atoms with Crippen molar-refractivity contribution in [3.05, 3.63) is 51.4 Å². The summed E-state index contributed by atoms with van der Waals surface area (Å²) in [5.41, 5.74) is 0.559. The molecule has 8 heteroatoms. The molecule has 0 atom stereocenters. The summed E-state index contributed by atoms with van der Waals surface area (Å²) in [5, 5.41) is 19.5. The van der Waals surface area contributed by atoms with Gasteiger partial charge in [-0.15, -0.1) is 0 Å². The molecule has 1 heterocycles. The second kappa shape index (κ2) is 6.27. The highest BCUT2D eigenvalue weighted by molar-refractivity contribution is 6.28. The molecule has 0 radical (unpaired) electrons. The van der Waals surface area contributed by atoms with Gasteiger partial charge in [-0.25, -0.2) is 4.98 Å². The van der Waals surface area contributed by atoms with Gasteiger partial charge in [-0.2, -0.15) is 4.98 Å². The minimum absolute atomic E-state index is 0.0488. The van der Waals surface area contributed by atoms with E-state index in [1.807, 2.05) is 0 Å². The number of hydrogen-bond donors (Lipinski definition) is 1. The summed E-state index contributed by atoms with van der Waals surface area (Å²) in [4.78, 5) is 17.4. The number of aliphatic hydroxyl groups is 1. The Bertz CT molecular complexity index is 619. The van der Waals surface area contributed by atoms with Crippen LogP contribution in [-0.2, 0) is 6.42 Å². The van der Waals surface area contributed by atoms with Crippen LogP contribution in [0, 0.1) is 10.1 Å². The lowest BCUT2D eigenvalue weighted by atomic mass is 10.1. The lowest BCUT2D eigenvalue weighted by Gasteiger charge is -2.06. The zero-order valence-corrected chi connectivity index (χ0v) is 10.9. The van der Waals surface area contributed by atoms with E-state index in [2.05, 4.69) is 9.97 Å². The molecule has 2 rings (SSSR count). The first-order valence-electron chi connectivity index (χ1n) is 5.64. The zero-order valence-electron chi connectivity index (χ0n) is 10.2. The summed E-state index contributed by atoms with van der Waals surface area (Å²) in [6.45, 7) is 0.0488. The van der Waals surface area contributed by atoms with Gasteiger partial charge in [0.15, 0.2) is 0 Å². The Morgan fingerprint density at radius 2 is 2.05 bits per heavy atom. The fourth-order valence-corrected chi connectivity index (χ4v) is 1.63. The van der Waals surface area contributed by atoms with Crippen molar-refractivity contribution in [3.8, 4) is 11.6 Å². The molecule has 1 aromatic carbocycles. The average Bonchev–Trinajstić information content (AvgIpc) is 2.41. The Kier molecular flexibility index (Phi) is 4.44. The van der Waals surface area contributed by atoms with Crippen LogP contribution in [0.5, 0.6) is 11.6 Å². The Morgan fingerprint density at radius 1 is 1.35 bits per heavy atom. The molecule has 0 spiro atoms. The molecule has 104 valence electrons. The van der Waals surface area contributed by atoms with Gasteiger partial charge in [-0.1, -0.05) is 12.1 Å². The van der Waals surface area contributed by atoms with Crippen molar-refractivity contribution in [3.63, 3.8) is 0 Å². The normalized spacial score (nSPS) is 10.3. The smallest absolute Gasteiger partial charge is 0.349 e. The molecule has 0 aliphatic rings. The predicted molar refractivity (Wildman–Crippen MR) is 71.0 cm³/mol. The Labute approximate surface area is 119 Å². The monoisotopic (exact) mass is 295 g/mol. The topological polar surface area (TPSA) is 98.4 Å². The molecule has 20 heavy (non-hydrogen) atoms. The van der Waals surface area contributed by atoms with Crippen LogP contribution in [0.4, 0.5) is 5.69 Å². The van der Waals surface area contributed by atoms with Crippen LogP contribution < -0.4 is 4.74 Å². The standard InChI is InChI=1S/C12H10ClN3O4/c13-12-14-7-10(16(18)19)11(15-12)20-9-3-1-8(2-4-9)5-6-17/h1-4,7,17H,5-6H2. The van der Waals surface area contributed by atoms with E-state index in [1.165, 1.54) is 0 Å². The number of ether oxygens (including phenoxy) is 1. The molecule has 0 saturated carbocycles. The number of rotatable bonds is 5. The van der Waals surface area contributed by atoms with E-state index in [0.29, 0.717) is 12.2 Å². The van der Waals surface area contributed by atoms with Crippen LogP contribution in [0.2, 0.25) is 5.28 Å². The highest BCUT2D eigenvalue weighted by Crippen LogP contribution is 2.29. The quantitative estimate of drug-likeness (QED) is 0.516. The Morgan fingerprint density at radius 3 is 2.65 bits per heavy atom. The van der Waals surface area contributed by atoms with Gasteiger partial charge in [0.1, 0.15) is 11.9 Å². The number of aliphatic hydroxyl groups excluding tert-OH is 1. The minimum Gasteiger partial charge on any atom is -0.434 e. The van der Waals surface area contributed by atoms with Gasteiger partial charge in [0, 0.05) is 6.61 Å². The number of hydrogen-bond acceptors (Lipinski definition) is 6. The van der Waals surface area contributed by atoms with E-state index in [1.54, 1.807) is 24.3 Å². The summed E-state index contributed by atoms with van der Waals surface area (Å²) in [7, 11) is 0. The average molecular weight is 296 g/mol. The van der Waals surface area contributed by atoms with Crippen LogP contribution in [0.3, 0.4) is 0 Å². The van der Waals surface area contributed by atoms with Gasteiger partial charge in [0.05, 0.1) is 4.92 Å². The van der Waals surface area contributed by atoms with Gasteiger partial charge in [-0.05, 0) is 35.7 Å². The highest BCUT2D eigenvalue weighted by atomic mass is 35.5. The van der Waals surface area contributed by atoms with Crippen molar-refractivity contribution in [1.29, 1.82) is 0 Å². The first-order valence-corrected chi connectivity index (χ1v) is 6.02. The lowest BCUT2D eigenvalue weighted by molar-refractivity contribution is -0.386.